The fraction of sp³-hybridized carbons (Fsp3) is 0.625. The molecule has 2 bridgehead atoms. The van der Waals surface area contributed by atoms with E-state index in [-0.39, 0.29) is 0 Å². The van der Waals surface area contributed by atoms with Gasteiger partial charge < -0.3 is 5.32 Å². The van der Waals surface area contributed by atoms with E-state index >= 15 is 0 Å². The Morgan fingerprint density at radius 2 is 1.94 bits per heavy atom. The van der Waals surface area contributed by atoms with Crippen molar-refractivity contribution in [1.29, 1.82) is 0 Å². The largest absolute Gasteiger partial charge is 0.380 e. The Balaban J connectivity index is 1.91. The molecule has 0 saturated heterocycles. The lowest BCUT2D eigenvalue weighted by Gasteiger charge is -2.43. The number of rotatable bonds is 2. The quantitative estimate of drug-likeness (QED) is 0.795. The van der Waals surface area contributed by atoms with Crippen LogP contribution in [0.2, 0.25) is 5.02 Å². The lowest BCUT2D eigenvalue weighted by Crippen LogP contribution is -2.45. The zero-order valence-corrected chi connectivity index (χ0v) is 12.2. The summed E-state index contributed by atoms with van der Waals surface area (Å²) in [6.45, 7) is 7.27. The summed E-state index contributed by atoms with van der Waals surface area (Å²) < 4.78 is 0. The number of halogens is 1. The van der Waals surface area contributed by atoms with Crippen molar-refractivity contribution >= 4 is 17.3 Å². The van der Waals surface area contributed by atoms with Crippen LogP contribution in [0, 0.1) is 16.7 Å². The molecule has 98 valence electrons. The summed E-state index contributed by atoms with van der Waals surface area (Å²) >= 11 is 6.28. The highest BCUT2D eigenvalue weighted by Gasteiger charge is 2.59. The first-order valence-corrected chi connectivity index (χ1v) is 7.32. The summed E-state index contributed by atoms with van der Waals surface area (Å²) in [6.07, 6.45) is 4.11. The number of fused-ring (bicyclic) bond motifs is 2. The molecule has 3 atom stereocenters. The van der Waals surface area contributed by atoms with Crippen LogP contribution in [0.5, 0.6) is 0 Å². The summed E-state index contributed by atoms with van der Waals surface area (Å²) in [4.78, 5) is 0. The van der Waals surface area contributed by atoms with Gasteiger partial charge in [-0.2, -0.15) is 0 Å². The second-order valence-electron chi connectivity index (χ2n) is 6.97. The minimum Gasteiger partial charge on any atom is -0.380 e. The topological polar surface area (TPSA) is 12.0 Å². The molecule has 1 aromatic rings. The van der Waals surface area contributed by atoms with Gasteiger partial charge in [-0.15, -0.1) is 0 Å². The van der Waals surface area contributed by atoms with Crippen LogP contribution in [0.25, 0.3) is 0 Å². The Hall–Kier alpha value is -0.690. The Morgan fingerprint density at radius 1 is 1.22 bits per heavy atom. The molecule has 1 aromatic carbocycles. The third kappa shape index (κ3) is 1.67. The molecular formula is C16H22ClN. The van der Waals surface area contributed by atoms with Crippen molar-refractivity contribution in [3.8, 4) is 0 Å². The van der Waals surface area contributed by atoms with Gasteiger partial charge in [0.1, 0.15) is 0 Å². The van der Waals surface area contributed by atoms with E-state index in [1.807, 2.05) is 12.1 Å². The van der Waals surface area contributed by atoms with E-state index in [2.05, 4.69) is 38.2 Å². The molecule has 2 heteroatoms. The summed E-state index contributed by atoms with van der Waals surface area (Å²) in [5.74, 6) is 0.863. The van der Waals surface area contributed by atoms with Gasteiger partial charge in [0.2, 0.25) is 0 Å². The van der Waals surface area contributed by atoms with Gasteiger partial charge in [-0.25, -0.2) is 0 Å². The van der Waals surface area contributed by atoms with Crippen LogP contribution < -0.4 is 5.32 Å². The molecule has 1 N–H and O–H groups in total. The van der Waals surface area contributed by atoms with Crippen molar-refractivity contribution in [2.45, 2.75) is 46.1 Å². The third-order valence-electron chi connectivity index (χ3n) is 5.44. The fourth-order valence-electron chi connectivity index (χ4n) is 4.40. The molecule has 0 aliphatic heterocycles. The highest BCUT2D eigenvalue weighted by molar-refractivity contribution is 6.33. The zero-order valence-electron chi connectivity index (χ0n) is 11.5. The van der Waals surface area contributed by atoms with Gasteiger partial charge in [0, 0.05) is 6.04 Å². The Morgan fingerprint density at radius 3 is 2.56 bits per heavy atom. The van der Waals surface area contributed by atoms with E-state index in [0.717, 1.165) is 16.6 Å². The number of para-hydroxylation sites is 1. The lowest BCUT2D eigenvalue weighted by atomic mass is 9.68. The maximum absolute atomic E-state index is 6.28. The van der Waals surface area contributed by atoms with E-state index in [1.54, 1.807) is 0 Å². The molecule has 2 fully saturated rings. The number of benzene rings is 1. The first kappa shape index (κ1) is 12.3. The molecule has 1 nitrogen and oxygen atoms in total. The van der Waals surface area contributed by atoms with E-state index < -0.39 is 0 Å². The summed E-state index contributed by atoms with van der Waals surface area (Å²) in [6, 6.07) is 8.63. The molecule has 0 spiro atoms. The smallest absolute Gasteiger partial charge is 0.0637 e. The summed E-state index contributed by atoms with van der Waals surface area (Å²) in [5, 5.41) is 4.57. The Bertz CT molecular complexity index is 463. The third-order valence-corrected chi connectivity index (χ3v) is 5.77. The van der Waals surface area contributed by atoms with Gasteiger partial charge in [0.25, 0.3) is 0 Å². The number of anilines is 1. The SMILES string of the molecule is CC12CCC(C1)C(C)(C)C2Nc1ccccc1Cl. The molecule has 0 aromatic heterocycles. The average molecular weight is 264 g/mol. The van der Waals surface area contributed by atoms with Crippen LogP contribution in [0.15, 0.2) is 24.3 Å². The van der Waals surface area contributed by atoms with Crippen molar-refractivity contribution in [2.24, 2.45) is 16.7 Å². The molecule has 0 heterocycles. The highest BCUT2D eigenvalue weighted by Crippen LogP contribution is 2.63. The van der Waals surface area contributed by atoms with E-state index in [0.29, 0.717) is 16.9 Å². The van der Waals surface area contributed by atoms with E-state index in [1.165, 1.54) is 19.3 Å². The Labute approximate surface area is 115 Å². The molecule has 0 radical (unpaired) electrons. The maximum atomic E-state index is 6.28. The monoisotopic (exact) mass is 263 g/mol. The van der Waals surface area contributed by atoms with Gasteiger partial charge in [-0.1, -0.05) is 44.5 Å². The predicted molar refractivity (Wildman–Crippen MR) is 78.1 cm³/mol. The molecule has 3 rings (SSSR count). The van der Waals surface area contributed by atoms with Crippen LogP contribution in [-0.4, -0.2) is 6.04 Å². The van der Waals surface area contributed by atoms with E-state index in [4.69, 9.17) is 11.6 Å². The van der Waals surface area contributed by atoms with Crippen LogP contribution >= 0.6 is 11.6 Å². The zero-order chi connectivity index (χ0) is 13.0. The van der Waals surface area contributed by atoms with Gasteiger partial charge in [0.05, 0.1) is 10.7 Å². The van der Waals surface area contributed by atoms with Crippen LogP contribution in [0.3, 0.4) is 0 Å². The minimum absolute atomic E-state index is 0.367. The second kappa shape index (κ2) is 3.90. The van der Waals surface area contributed by atoms with Crippen LogP contribution in [0.1, 0.15) is 40.0 Å². The number of hydrogen-bond acceptors (Lipinski definition) is 1. The normalized spacial score (nSPS) is 36.9. The molecule has 0 amide bonds. The van der Waals surface area contributed by atoms with Crippen LogP contribution in [-0.2, 0) is 0 Å². The number of nitrogens with one attached hydrogen (secondary N) is 1. The summed E-state index contributed by atoms with van der Waals surface area (Å²) in [7, 11) is 0. The van der Waals surface area contributed by atoms with Crippen molar-refractivity contribution < 1.29 is 0 Å². The lowest BCUT2D eigenvalue weighted by molar-refractivity contribution is 0.155. The van der Waals surface area contributed by atoms with Crippen molar-refractivity contribution in [3.63, 3.8) is 0 Å². The maximum Gasteiger partial charge on any atom is 0.0637 e. The summed E-state index contributed by atoms with van der Waals surface area (Å²) in [5.41, 5.74) is 1.89. The highest BCUT2D eigenvalue weighted by atomic mass is 35.5. The average Bonchev–Trinajstić information content (AvgIpc) is 2.78. The molecule has 3 unspecified atom stereocenters. The van der Waals surface area contributed by atoms with Gasteiger partial charge in [-0.05, 0) is 48.1 Å². The van der Waals surface area contributed by atoms with Crippen molar-refractivity contribution in [1.82, 2.24) is 0 Å². The first-order valence-electron chi connectivity index (χ1n) is 6.94. The fourth-order valence-corrected chi connectivity index (χ4v) is 4.59. The standard InChI is InChI=1S/C16H22ClN/c1-15(2)11-8-9-16(3,10-11)14(15)18-13-7-5-4-6-12(13)17/h4-7,11,14,18H,8-10H2,1-3H3. The molecule has 2 aliphatic rings. The van der Waals surface area contributed by atoms with Crippen molar-refractivity contribution in [3.05, 3.63) is 29.3 Å². The van der Waals surface area contributed by atoms with Crippen molar-refractivity contribution in [2.75, 3.05) is 5.32 Å². The minimum atomic E-state index is 0.367. The predicted octanol–water partition coefficient (Wildman–Crippen LogP) is 4.97. The van der Waals surface area contributed by atoms with Gasteiger partial charge in [0.15, 0.2) is 0 Å². The molecule has 2 saturated carbocycles. The van der Waals surface area contributed by atoms with Crippen LogP contribution in [0.4, 0.5) is 5.69 Å². The Kier molecular flexibility index (Phi) is 2.68. The second-order valence-corrected chi connectivity index (χ2v) is 7.38. The van der Waals surface area contributed by atoms with Gasteiger partial charge >= 0.3 is 0 Å². The number of hydrogen-bond donors (Lipinski definition) is 1. The molecule has 2 aliphatic carbocycles. The molecular weight excluding hydrogens is 242 g/mol. The van der Waals surface area contributed by atoms with E-state index in [9.17, 15) is 0 Å². The molecule has 18 heavy (non-hydrogen) atoms. The van der Waals surface area contributed by atoms with Gasteiger partial charge in [-0.3, -0.25) is 0 Å². The first-order chi connectivity index (χ1) is 8.43.